The van der Waals surface area contributed by atoms with E-state index in [1.54, 1.807) is 7.11 Å². The van der Waals surface area contributed by atoms with Gasteiger partial charge in [-0.15, -0.1) is 0 Å². The number of aliphatic hydroxyl groups is 1. The number of carbonyl (C=O) groups is 1. The molecule has 1 saturated heterocycles. The maximum Gasteiger partial charge on any atom is 0.395 e. The van der Waals surface area contributed by atoms with Gasteiger partial charge >= 0.3 is 5.30 Å². The van der Waals surface area contributed by atoms with Gasteiger partial charge in [-0.05, 0) is 69.2 Å². The monoisotopic (exact) mass is 481 g/mol. The van der Waals surface area contributed by atoms with Crippen LogP contribution < -0.4 is 9.47 Å². The Hall–Kier alpha value is -1.48. The third-order valence-corrected chi connectivity index (χ3v) is 6.68. The van der Waals surface area contributed by atoms with Crippen LogP contribution in [0.3, 0.4) is 0 Å². The zero-order valence-corrected chi connectivity index (χ0v) is 21.4. The topological polar surface area (TPSA) is 77.5 Å². The predicted molar refractivity (Wildman–Crippen MR) is 130 cm³/mol. The van der Waals surface area contributed by atoms with Gasteiger partial charge in [0.2, 0.25) is 0 Å². The molecule has 3 atom stereocenters. The van der Waals surface area contributed by atoms with Crippen LogP contribution in [-0.4, -0.2) is 60.4 Å². The number of fused-ring (bicyclic) bond motifs is 3. The van der Waals surface area contributed by atoms with E-state index in [-0.39, 0.29) is 12.1 Å². The van der Waals surface area contributed by atoms with E-state index < -0.39 is 10.9 Å². The number of piperidine rings is 1. The maximum atomic E-state index is 11.7. The van der Waals surface area contributed by atoms with Crippen molar-refractivity contribution >= 4 is 17.3 Å². The molecule has 2 heterocycles. The fraction of sp³-hybridized carbons (Fsp3) is 0.720. The molecular weight excluding hydrogens is 442 g/mol. The first-order valence-electron chi connectivity index (χ1n) is 12.0. The van der Waals surface area contributed by atoms with Crippen molar-refractivity contribution in [1.29, 1.82) is 0 Å². The van der Waals surface area contributed by atoms with Crippen LogP contribution in [0.5, 0.6) is 11.5 Å². The standard InChI is InChI=1S/C25H39NO6S/c1-6-8-18-16-26-10-9-17-13-23(22(29-5)14-19(17)20(26)15-21(18)27)30-11-7-12-31-33-24(28)32-25(2,3)4/h13-14,18,20-21,27H,6-12,15-16H2,1-5H3. The molecule has 7 nitrogen and oxygen atoms in total. The molecule has 1 aromatic carbocycles. The molecule has 0 amide bonds. The van der Waals surface area contributed by atoms with Gasteiger partial charge in [-0.1, -0.05) is 13.3 Å². The molecule has 3 rings (SSSR count). The molecule has 0 aromatic heterocycles. The van der Waals surface area contributed by atoms with Crippen molar-refractivity contribution in [3.8, 4) is 11.5 Å². The fourth-order valence-electron chi connectivity index (χ4n) is 4.68. The van der Waals surface area contributed by atoms with Crippen LogP contribution in [0.1, 0.15) is 70.5 Å². The Bertz CT molecular complexity index is 796. The summed E-state index contributed by atoms with van der Waals surface area (Å²) < 4.78 is 22.1. The zero-order valence-electron chi connectivity index (χ0n) is 20.6. The molecule has 8 heteroatoms. The summed E-state index contributed by atoms with van der Waals surface area (Å²) in [6.07, 6.45) is 4.31. The lowest BCUT2D eigenvalue weighted by molar-refractivity contribution is -0.0152. The summed E-state index contributed by atoms with van der Waals surface area (Å²) in [5.74, 6) is 1.81. The van der Waals surface area contributed by atoms with Crippen molar-refractivity contribution in [1.82, 2.24) is 4.90 Å². The smallest absolute Gasteiger partial charge is 0.395 e. The zero-order chi connectivity index (χ0) is 24.0. The highest BCUT2D eigenvalue weighted by Crippen LogP contribution is 2.43. The average molecular weight is 482 g/mol. The number of methoxy groups -OCH3 is 1. The van der Waals surface area contributed by atoms with Gasteiger partial charge in [-0.2, -0.15) is 0 Å². The summed E-state index contributed by atoms with van der Waals surface area (Å²) in [6.45, 7) is 10.4. The number of rotatable bonds is 9. The molecule has 3 unspecified atom stereocenters. The number of carbonyl (C=O) groups excluding carboxylic acids is 1. The molecular formula is C25H39NO6S. The summed E-state index contributed by atoms with van der Waals surface area (Å²) in [7, 11) is 1.66. The first kappa shape index (κ1) is 26.1. The average Bonchev–Trinajstić information content (AvgIpc) is 2.75. The minimum atomic E-state index is -0.524. The first-order chi connectivity index (χ1) is 15.7. The number of benzene rings is 1. The molecule has 2 aliphatic heterocycles. The molecule has 0 saturated carbocycles. The van der Waals surface area contributed by atoms with Crippen LogP contribution in [0.4, 0.5) is 4.79 Å². The SMILES string of the molecule is CCCC1CN2CCc3cc(OCCCOSC(=O)OC(C)(C)C)c(OC)cc3C2CC1O. The van der Waals surface area contributed by atoms with E-state index in [0.29, 0.717) is 31.3 Å². The van der Waals surface area contributed by atoms with Gasteiger partial charge in [-0.25, -0.2) is 4.79 Å². The minimum absolute atomic E-state index is 0.234. The number of hydrogen-bond donors (Lipinski definition) is 1. The molecule has 0 aliphatic carbocycles. The number of hydrogen-bond acceptors (Lipinski definition) is 8. The fourth-order valence-corrected chi connectivity index (χ4v) is 5.26. The van der Waals surface area contributed by atoms with E-state index in [0.717, 1.165) is 56.6 Å². The molecule has 1 aromatic rings. The Morgan fingerprint density at radius 2 is 2.03 bits per heavy atom. The molecule has 0 bridgehead atoms. The van der Waals surface area contributed by atoms with E-state index in [1.165, 1.54) is 11.1 Å². The van der Waals surface area contributed by atoms with Crippen molar-refractivity contribution in [2.45, 2.75) is 77.5 Å². The van der Waals surface area contributed by atoms with Gasteiger partial charge in [0.25, 0.3) is 0 Å². The van der Waals surface area contributed by atoms with Gasteiger partial charge in [0.15, 0.2) is 11.5 Å². The minimum Gasteiger partial charge on any atom is -0.493 e. The Labute approximate surface area is 202 Å². The quantitative estimate of drug-likeness (QED) is 0.295. The lowest BCUT2D eigenvalue weighted by Gasteiger charge is -2.46. The second-order valence-corrected chi connectivity index (χ2v) is 10.6. The van der Waals surface area contributed by atoms with Crippen molar-refractivity contribution in [2.24, 2.45) is 5.92 Å². The Kier molecular flexibility index (Phi) is 9.33. The van der Waals surface area contributed by atoms with Gasteiger partial charge in [0, 0.05) is 25.6 Å². The van der Waals surface area contributed by atoms with Crippen molar-refractivity contribution in [3.63, 3.8) is 0 Å². The Balaban J connectivity index is 1.53. The van der Waals surface area contributed by atoms with Crippen molar-refractivity contribution in [3.05, 3.63) is 23.3 Å². The van der Waals surface area contributed by atoms with Crippen molar-refractivity contribution < 1.29 is 28.3 Å². The van der Waals surface area contributed by atoms with E-state index in [9.17, 15) is 9.90 Å². The van der Waals surface area contributed by atoms with Gasteiger partial charge in [-0.3, -0.25) is 4.90 Å². The van der Waals surface area contributed by atoms with Crippen LogP contribution >= 0.6 is 12.0 Å². The number of aliphatic hydroxyl groups excluding tert-OH is 1. The highest BCUT2D eigenvalue weighted by atomic mass is 32.2. The molecule has 186 valence electrons. The highest BCUT2D eigenvalue weighted by Gasteiger charge is 2.38. The third-order valence-electron chi connectivity index (χ3n) is 6.18. The van der Waals surface area contributed by atoms with Crippen LogP contribution in [0, 0.1) is 5.92 Å². The van der Waals surface area contributed by atoms with E-state index in [1.807, 2.05) is 20.8 Å². The maximum absolute atomic E-state index is 11.7. The van der Waals surface area contributed by atoms with Crippen LogP contribution in [0.25, 0.3) is 0 Å². The van der Waals surface area contributed by atoms with Crippen molar-refractivity contribution in [2.75, 3.05) is 33.4 Å². The largest absolute Gasteiger partial charge is 0.493 e. The van der Waals surface area contributed by atoms with Crippen LogP contribution in [0.2, 0.25) is 0 Å². The van der Waals surface area contributed by atoms with Crippen LogP contribution in [-0.2, 0) is 15.3 Å². The summed E-state index contributed by atoms with van der Waals surface area (Å²) in [6, 6.07) is 4.41. The molecule has 2 aliphatic rings. The van der Waals surface area contributed by atoms with Crippen LogP contribution in [0.15, 0.2) is 12.1 Å². The molecule has 0 spiro atoms. The number of nitrogens with zero attached hydrogens (tertiary/aromatic N) is 1. The summed E-state index contributed by atoms with van der Waals surface area (Å²) in [5, 5.41) is 10.3. The first-order valence-corrected chi connectivity index (χ1v) is 12.7. The second-order valence-electron chi connectivity index (χ2n) is 9.89. The molecule has 1 N–H and O–H groups in total. The molecule has 1 fully saturated rings. The normalized spacial score (nSPS) is 22.9. The van der Waals surface area contributed by atoms with Gasteiger partial charge in [0.05, 0.1) is 26.4 Å². The highest BCUT2D eigenvalue weighted by molar-refractivity contribution is 8.09. The summed E-state index contributed by atoms with van der Waals surface area (Å²) >= 11 is 0.723. The predicted octanol–water partition coefficient (Wildman–Crippen LogP) is 5.14. The van der Waals surface area contributed by atoms with E-state index in [2.05, 4.69) is 24.0 Å². The Morgan fingerprint density at radius 1 is 1.24 bits per heavy atom. The molecule has 0 radical (unpaired) electrons. The third kappa shape index (κ3) is 7.25. The van der Waals surface area contributed by atoms with Gasteiger partial charge in [0.1, 0.15) is 17.6 Å². The second kappa shape index (κ2) is 11.8. The summed E-state index contributed by atoms with van der Waals surface area (Å²) in [4.78, 5) is 14.2. The number of ether oxygens (including phenoxy) is 3. The lowest BCUT2D eigenvalue weighted by Crippen LogP contribution is -2.47. The molecule has 33 heavy (non-hydrogen) atoms. The van der Waals surface area contributed by atoms with Gasteiger partial charge < -0.3 is 23.5 Å². The summed E-state index contributed by atoms with van der Waals surface area (Å²) in [5.41, 5.74) is 1.99. The lowest BCUT2D eigenvalue weighted by atomic mass is 9.80. The van der Waals surface area contributed by atoms with E-state index >= 15 is 0 Å². The van der Waals surface area contributed by atoms with E-state index in [4.69, 9.17) is 18.4 Å². The Morgan fingerprint density at radius 3 is 2.73 bits per heavy atom.